The Morgan fingerprint density at radius 2 is 1.93 bits per heavy atom. The Labute approximate surface area is 257 Å². The molecule has 3 aromatic heterocycles. The summed E-state index contributed by atoms with van der Waals surface area (Å²) in [6, 6.07) is 15.3. The third kappa shape index (κ3) is 5.45. The van der Waals surface area contributed by atoms with E-state index in [1.807, 2.05) is 6.92 Å². The zero-order chi connectivity index (χ0) is 31.2. The number of fused-ring (bicyclic) bond motifs is 2. The average Bonchev–Trinajstić information content (AvgIpc) is 3.55. The highest BCUT2D eigenvalue weighted by Crippen LogP contribution is 2.37. The molecule has 0 radical (unpaired) electrons. The second-order valence-electron chi connectivity index (χ2n) is 9.60. The van der Waals surface area contributed by atoms with Crippen LogP contribution in [0.4, 0.5) is 8.78 Å². The van der Waals surface area contributed by atoms with E-state index in [0.29, 0.717) is 33.5 Å². The summed E-state index contributed by atoms with van der Waals surface area (Å²) in [7, 11) is -4.55. The van der Waals surface area contributed by atoms with Crippen LogP contribution in [0.3, 0.4) is 0 Å². The fraction of sp³-hybridized carbons (Fsp3) is 0.100. The van der Waals surface area contributed by atoms with Crippen molar-refractivity contribution >= 4 is 60.0 Å². The molecule has 3 heterocycles. The molecule has 0 aliphatic rings. The lowest BCUT2D eigenvalue weighted by atomic mass is 10.0. The van der Waals surface area contributed by atoms with Crippen molar-refractivity contribution in [2.24, 2.45) is 0 Å². The van der Waals surface area contributed by atoms with Crippen molar-refractivity contribution in [1.82, 2.24) is 19.3 Å². The number of ether oxygens (including phenoxy) is 1. The van der Waals surface area contributed by atoms with Crippen molar-refractivity contribution in [2.45, 2.75) is 17.8 Å². The van der Waals surface area contributed by atoms with Gasteiger partial charge in [-0.25, -0.2) is 18.5 Å². The van der Waals surface area contributed by atoms with Gasteiger partial charge in [-0.05, 0) is 73.7 Å². The van der Waals surface area contributed by atoms with Crippen molar-refractivity contribution < 1.29 is 26.7 Å². The molecule has 9 nitrogen and oxygen atoms in total. The number of amides is 1. The Hall–Kier alpha value is -4.59. The Morgan fingerprint density at radius 3 is 2.70 bits per heavy atom. The Bertz CT molecular complexity index is 2260. The van der Waals surface area contributed by atoms with Crippen molar-refractivity contribution in [3.8, 4) is 16.9 Å². The highest BCUT2D eigenvalue weighted by atomic mass is 35.5. The Kier molecular flexibility index (Phi) is 7.70. The molecule has 0 atom stereocenters. The SMILES string of the molecule is CCOc1ccc2nc(S(=O)(=O)NC(=O)c3c(-c4ccc[nH]c4=O)c4cc(Cl)ccc4n3Cc3cc(F)ccc3F)sc2c1. The fourth-order valence-electron chi connectivity index (χ4n) is 4.92. The van der Waals surface area contributed by atoms with Crippen molar-refractivity contribution in [3.05, 3.63) is 111 Å². The summed E-state index contributed by atoms with van der Waals surface area (Å²) in [6.45, 7) is 1.85. The van der Waals surface area contributed by atoms with E-state index in [9.17, 15) is 26.8 Å². The van der Waals surface area contributed by atoms with Crippen LogP contribution in [-0.4, -0.2) is 35.5 Å². The number of aromatic nitrogens is 3. The molecule has 0 saturated carbocycles. The summed E-state index contributed by atoms with van der Waals surface area (Å²) >= 11 is 7.14. The monoisotopic (exact) mass is 654 g/mol. The smallest absolute Gasteiger partial charge is 0.291 e. The molecule has 0 saturated heterocycles. The van der Waals surface area contributed by atoms with Gasteiger partial charge in [0.15, 0.2) is 0 Å². The summed E-state index contributed by atoms with van der Waals surface area (Å²) in [5.74, 6) is -2.05. The normalized spacial score (nSPS) is 11.7. The van der Waals surface area contributed by atoms with Gasteiger partial charge in [0.1, 0.15) is 23.1 Å². The maximum atomic E-state index is 14.8. The molecule has 6 aromatic rings. The van der Waals surface area contributed by atoms with Crippen LogP contribution in [0.15, 0.2) is 82.1 Å². The lowest BCUT2D eigenvalue weighted by Crippen LogP contribution is -2.33. The molecular formula is C30H21ClF2N4O5S2. The second-order valence-corrected chi connectivity index (χ2v) is 12.9. The number of benzene rings is 3. The summed E-state index contributed by atoms with van der Waals surface area (Å²) in [4.78, 5) is 33.8. The maximum absolute atomic E-state index is 14.8. The molecular weight excluding hydrogens is 634 g/mol. The summed E-state index contributed by atoms with van der Waals surface area (Å²) in [6.07, 6.45) is 1.40. The summed E-state index contributed by atoms with van der Waals surface area (Å²) in [5, 5.41) is 0.581. The first-order valence-electron chi connectivity index (χ1n) is 13.1. The predicted molar refractivity (Wildman–Crippen MR) is 164 cm³/mol. The molecule has 0 bridgehead atoms. The highest BCUT2D eigenvalue weighted by Gasteiger charge is 2.30. The lowest BCUT2D eigenvalue weighted by molar-refractivity contribution is 0.0974. The number of nitrogens with zero attached hydrogens (tertiary/aromatic N) is 2. The number of nitrogens with one attached hydrogen (secondary N) is 2. The predicted octanol–water partition coefficient (Wildman–Crippen LogP) is 6.10. The van der Waals surface area contributed by atoms with Gasteiger partial charge in [-0.2, -0.15) is 8.42 Å². The van der Waals surface area contributed by atoms with E-state index in [2.05, 4.69) is 14.7 Å². The van der Waals surface area contributed by atoms with E-state index in [0.717, 1.165) is 29.5 Å². The number of halogens is 3. The van der Waals surface area contributed by atoms with E-state index in [4.69, 9.17) is 16.3 Å². The zero-order valence-electron chi connectivity index (χ0n) is 22.7. The number of rotatable bonds is 8. The quantitative estimate of drug-likeness (QED) is 0.204. The minimum Gasteiger partial charge on any atom is -0.494 e. The number of carbonyl (C=O) groups is 1. The van der Waals surface area contributed by atoms with Gasteiger partial charge in [-0.3, -0.25) is 9.59 Å². The molecule has 44 heavy (non-hydrogen) atoms. The van der Waals surface area contributed by atoms with Crippen molar-refractivity contribution in [1.29, 1.82) is 0 Å². The van der Waals surface area contributed by atoms with E-state index >= 15 is 0 Å². The zero-order valence-corrected chi connectivity index (χ0v) is 25.1. The molecule has 0 unspecified atom stereocenters. The molecule has 14 heteroatoms. The van der Waals surface area contributed by atoms with Crippen LogP contribution in [0.25, 0.3) is 32.2 Å². The van der Waals surface area contributed by atoms with E-state index in [-0.39, 0.29) is 38.3 Å². The molecule has 3 aromatic carbocycles. The number of thiazole rings is 1. The number of H-pyrrole nitrogens is 1. The van der Waals surface area contributed by atoms with Crippen molar-refractivity contribution in [3.63, 3.8) is 0 Å². The van der Waals surface area contributed by atoms with E-state index in [1.165, 1.54) is 35.0 Å². The molecule has 0 aliphatic heterocycles. The largest absolute Gasteiger partial charge is 0.494 e. The Morgan fingerprint density at radius 1 is 1.11 bits per heavy atom. The number of aromatic amines is 1. The average molecular weight is 655 g/mol. The van der Waals surface area contributed by atoms with Gasteiger partial charge in [0.2, 0.25) is 4.34 Å². The minimum absolute atomic E-state index is 0.0317. The topological polar surface area (TPSA) is 123 Å². The van der Waals surface area contributed by atoms with Crippen LogP contribution >= 0.6 is 22.9 Å². The molecule has 6 rings (SSSR count). The number of hydrogen-bond donors (Lipinski definition) is 2. The molecule has 0 fully saturated rings. The van der Waals surface area contributed by atoms with Crippen LogP contribution in [0.2, 0.25) is 5.02 Å². The van der Waals surface area contributed by atoms with Gasteiger partial charge in [-0.1, -0.05) is 11.6 Å². The number of pyridine rings is 1. The fourth-order valence-corrected chi connectivity index (χ4v) is 7.30. The van der Waals surface area contributed by atoms with Crippen LogP contribution in [-0.2, 0) is 16.6 Å². The van der Waals surface area contributed by atoms with Gasteiger partial charge in [0.05, 0.1) is 23.4 Å². The van der Waals surface area contributed by atoms with Crippen molar-refractivity contribution in [2.75, 3.05) is 6.61 Å². The minimum atomic E-state index is -4.55. The number of hydrogen-bond acceptors (Lipinski definition) is 7. The van der Waals surface area contributed by atoms with Crippen LogP contribution in [0.5, 0.6) is 5.75 Å². The van der Waals surface area contributed by atoms with Crippen LogP contribution in [0, 0.1) is 11.6 Å². The van der Waals surface area contributed by atoms with Gasteiger partial charge >= 0.3 is 0 Å². The highest BCUT2D eigenvalue weighted by molar-refractivity contribution is 7.92. The first-order valence-corrected chi connectivity index (χ1v) is 15.8. The number of sulfonamides is 1. The first-order chi connectivity index (χ1) is 21.1. The second kappa shape index (κ2) is 11.5. The van der Waals surface area contributed by atoms with Crippen LogP contribution in [0.1, 0.15) is 23.0 Å². The third-order valence-corrected chi connectivity index (χ3v) is 9.73. The van der Waals surface area contributed by atoms with E-state index in [1.54, 1.807) is 24.3 Å². The van der Waals surface area contributed by atoms with Gasteiger partial charge in [0.25, 0.3) is 21.5 Å². The number of carbonyl (C=O) groups excluding carboxylic acids is 1. The van der Waals surface area contributed by atoms with Gasteiger partial charge < -0.3 is 14.3 Å². The molecule has 2 N–H and O–H groups in total. The first kappa shape index (κ1) is 29.5. The van der Waals surface area contributed by atoms with E-state index < -0.39 is 33.1 Å². The summed E-state index contributed by atoms with van der Waals surface area (Å²) < 4.78 is 65.1. The maximum Gasteiger partial charge on any atom is 0.291 e. The summed E-state index contributed by atoms with van der Waals surface area (Å²) in [5.41, 5.74) is -0.180. The standard InChI is InChI=1S/C30H21ClF2N4O5S2/c1-2-42-19-7-9-23-25(14-19)43-30(35-23)44(40,41)36-29(39)27-26(20-4-3-11-34-28(20)38)21-13-17(31)5-10-24(21)37(27)15-16-12-18(32)6-8-22(16)33/h3-14H,2,15H2,1H3,(H,34,38)(H,36,39). The molecule has 0 aliphatic carbocycles. The molecule has 1 amide bonds. The third-order valence-electron chi connectivity index (χ3n) is 6.77. The lowest BCUT2D eigenvalue weighted by Gasteiger charge is -2.13. The molecule has 224 valence electrons. The van der Waals surface area contributed by atoms with Crippen LogP contribution < -0.4 is 15.0 Å². The van der Waals surface area contributed by atoms with Gasteiger partial charge in [-0.15, -0.1) is 11.3 Å². The molecule has 0 spiro atoms. The Balaban J connectivity index is 1.53. The van der Waals surface area contributed by atoms with Gasteiger partial charge in [0, 0.05) is 38.8 Å².